The van der Waals surface area contributed by atoms with Gasteiger partial charge in [0.1, 0.15) is 16.9 Å². The third-order valence-corrected chi connectivity index (χ3v) is 7.14. The number of carbonyl (C=O) groups excluding carboxylic acids is 1. The lowest BCUT2D eigenvalue weighted by Gasteiger charge is -2.08. The van der Waals surface area contributed by atoms with Gasteiger partial charge in [0, 0.05) is 16.3 Å². The lowest BCUT2D eigenvalue weighted by molar-refractivity contribution is 0.102. The topological polar surface area (TPSA) is 76.7 Å². The van der Waals surface area contributed by atoms with E-state index in [1.807, 2.05) is 55.6 Å². The van der Waals surface area contributed by atoms with Gasteiger partial charge in [-0.05, 0) is 74.7 Å². The monoisotopic (exact) mass is 509 g/mol. The summed E-state index contributed by atoms with van der Waals surface area (Å²) in [6.07, 6.45) is 0. The molecule has 0 saturated carbocycles. The lowest BCUT2D eigenvalue weighted by Crippen LogP contribution is -2.21. The Kier molecular flexibility index (Phi) is 6.63. The maximum atomic E-state index is 13.5. The highest BCUT2D eigenvalue weighted by molar-refractivity contribution is 7.14. The van der Waals surface area contributed by atoms with Gasteiger partial charge in [0.05, 0.1) is 18.5 Å². The zero-order valence-corrected chi connectivity index (χ0v) is 22.2. The van der Waals surface area contributed by atoms with E-state index in [9.17, 15) is 4.79 Å². The van der Waals surface area contributed by atoms with E-state index >= 15 is 0 Å². The standard InChI is InChI=1S/C30H27N3O3S/c1-17-9-11-23(19(3)13-17)26-16-37-30(32-26)33-28(34)24-15-21-14-22(35-5)10-12-27(21)36-29(24)31-25-8-6-7-18(2)20(25)4/h6-16H,1-5H3,(H,32,33,34). The van der Waals surface area contributed by atoms with Crippen LogP contribution in [-0.2, 0) is 0 Å². The van der Waals surface area contributed by atoms with Crippen molar-refractivity contribution in [3.8, 4) is 17.0 Å². The van der Waals surface area contributed by atoms with E-state index in [0.717, 1.165) is 39.0 Å². The molecule has 0 aliphatic rings. The number of fused-ring (bicyclic) bond motifs is 1. The molecule has 1 N–H and O–H groups in total. The molecule has 5 rings (SSSR count). The number of hydrogen-bond donors (Lipinski definition) is 1. The van der Waals surface area contributed by atoms with E-state index in [2.05, 4.69) is 42.3 Å². The van der Waals surface area contributed by atoms with E-state index in [-0.39, 0.29) is 11.5 Å². The number of anilines is 1. The Hall–Kier alpha value is -4.23. The number of carbonyl (C=O) groups is 1. The molecule has 1 amide bonds. The average molecular weight is 510 g/mol. The molecule has 6 nitrogen and oxygen atoms in total. The number of methoxy groups -OCH3 is 1. The number of aromatic nitrogens is 1. The quantitative estimate of drug-likeness (QED) is 0.270. The summed E-state index contributed by atoms with van der Waals surface area (Å²) in [6, 6.07) is 19.4. The largest absolute Gasteiger partial charge is 0.497 e. The van der Waals surface area contributed by atoms with Crippen molar-refractivity contribution in [2.45, 2.75) is 27.7 Å². The average Bonchev–Trinajstić information content (AvgIpc) is 3.34. The highest BCUT2D eigenvalue weighted by atomic mass is 32.1. The van der Waals surface area contributed by atoms with Crippen molar-refractivity contribution in [3.63, 3.8) is 0 Å². The van der Waals surface area contributed by atoms with Crippen LogP contribution in [0.15, 0.2) is 75.5 Å². The summed E-state index contributed by atoms with van der Waals surface area (Å²) in [6.45, 7) is 8.16. The van der Waals surface area contributed by atoms with Gasteiger partial charge in [0.25, 0.3) is 5.91 Å². The van der Waals surface area contributed by atoms with Crippen LogP contribution in [0, 0.1) is 27.7 Å². The summed E-state index contributed by atoms with van der Waals surface area (Å²) in [5.41, 5.74) is 8.23. The lowest BCUT2D eigenvalue weighted by atomic mass is 10.0. The number of hydrogen-bond acceptors (Lipinski definition) is 6. The minimum atomic E-state index is -0.348. The van der Waals surface area contributed by atoms with Crippen LogP contribution >= 0.6 is 11.3 Å². The molecule has 2 heterocycles. The van der Waals surface area contributed by atoms with Crippen LogP contribution in [0.4, 0.5) is 10.8 Å². The SMILES string of the molecule is COc1ccc2oc(=Nc3cccc(C)c3C)c(C(=O)Nc3nc(-c4ccc(C)cc4C)cs3)cc2c1. The predicted molar refractivity (Wildman–Crippen MR) is 149 cm³/mol. The number of ether oxygens (including phenoxy) is 1. The van der Waals surface area contributed by atoms with Gasteiger partial charge in [-0.2, -0.15) is 0 Å². The first-order valence-corrected chi connectivity index (χ1v) is 12.8. The Morgan fingerprint density at radius 2 is 1.84 bits per heavy atom. The molecule has 0 radical (unpaired) electrons. The smallest absolute Gasteiger partial charge is 0.262 e. The normalized spacial score (nSPS) is 11.6. The molecule has 0 fully saturated rings. The molecule has 0 bridgehead atoms. The molecule has 2 aromatic heterocycles. The van der Waals surface area contributed by atoms with Crippen molar-refractivity contribution < 1.29 is 13.9 Å². The molecule has 0 aliphatic heterocycles. The molecule has 0 aliphatic carbocycles. The Morgan fingerprint density at radius 1 is 1.00 bits per heavy atom. The van der Waals surface area contributed by atoms with Crippen molar-refractivity contribution in [1.29, 1.82) is 0 Å². The van der Waals surface area contributed by atoms with E-state index < -0.39 is 0 Å². The van der Waals surface area contributed by atoms with Gasteiger partial charge in [-0.1, -0.05) is 35.9 Å². The highest BCUT2D eigenvalue weighted by Gasteiger charge is 2.16. The third kappa shape index (κ3) is 5.04. The van der Waals surface area contributed by atoms with Crippen LogP contribution in [0.3, 0.4) is 0 Å². The first kappa shape index (κ1) is 24.5. The van der Waals surface area contributed by atoms with Crippen molar-refractivity contribution in [2.75, 3.05) is 12.4 Å². The number of aryl methyl sites for hydroxylation is 3. The second-order valence-corrected chi connectivity index (χ2v) is 9.87. The zero-order valence-electron chi connectivity index (χ0n) is 21.4. The maximum Gasteiger partial charge on any atom is 0.262 e. The van der Waals surface area contributed by atoms with Gasteiger partial charge in [-0.3, -0.25) is 10.1 Å². The van der Waals surface area contributed by atoms with Crippen LogP contribution in [0.5, 0.6) is 5.75 Å². The van der Waals surface area contributed by atoms with Gasteiger partial charge >= 0.3 is 0 Å². The van der Waals surface area contributed by atoms with Crippen LogP contribution in [0.2, 0.25) is 0 Å². The Balaban J connectivity index is 1.57. The first-order chi connectivity index (χ1) is 17.8. The number of amides is 1. The Labute approximate surface area is 219 Å². The first-order valence-electron chi connectivity index (χ1n) is 11.9. The molecule has 186 valence electrons. The summed E-state index contributed by atoms with van der Waals surface area (Å²) in [5.74, 6) is 0.324. The fraction of sp³-hybridized carbons (Fsp3) is 0.167. The number of nitrogens with one attached hydrogen (secondary N) is 1. The second-order valence-electron chi connectivity index (χ2n) is 9.01. The van der Waals surface area contributed by atoms with E-state index in [0.29, 0.717) is 22.0 Å². The van der Waals surface area contributed by atoms with Crippen LogP contribution in [0.25, 0.3) is 22.2 Å². The molecular weight excluding hydrogens is 482 g/mol. The predicted octanol–water partition coefficient (Wildman–Crippen LogP) is 7.28. The molecular formula is C30H27N3O3S. The fourth-order valence-corrected chi connectivity index (χ4v) is 4.87. The van der Waals surface area contributed by atoms with Gasteiger partial charge < -0.3 is 9.15 Å². The third-order valence-electron chi connectivity index (χ3n) is 6.38. The van der Waals surface area contributed by atoms with Crippen LogP contribution in [-0.4, -0.2) is 18.0 Å². The molecule has 0 atom stereocenters. The second kappa shape index (κ2) is 10.0. The van der Waals surface area contributed by atoms with Crippen molar-refractivity contribution >= 4 is 39.0 Å². The molecule has 5 aromatic rings. The minimum absolute atomic E-state index is 0.232. The molecule has 0 saturated heterocycles. The summed E-state index contributed by atoms with van der Waals surface area (Å²) < 4.78 is 11.5. The highest BCUT2D eigenvalue weighted by Crippen LogP contribution is 2.29. The van der Waals surface area contributed by atoms with Crippen molar-refractivity contribution in [3.05, 3.63) is 99.4 Å². The number of rotatable bonds is 5. The van der Waals surface area contributed by atoms with Crippen molar-refractivity contribution in [1.82, 2.24) is 4.98 Å². The van der Waals surface area contributed by atoms with Crippen LogP contribution < -0.4 is 15.6 Å². The van der Waals surface area contributed by atoms with Crippen molar-refractivity contribution in [2.24, 2.45) is 4.99 Å². The minimum Gasteiger partial charge on any atom is -0.497 e. The number of benzene rings is 3. The van der Waals surface area contributed by atoms with E-state index in [1.165, 1.54) is 16.9 Å². The number of thiazole rings is 1. The summed E-state index contributed by atoms with van der Waals surface area (Å²) in [4.78, 5) is 23.0. The molecule has 37 heavy (non-hydrogen) atoms. The molecule has 0 spiro atoms. The molecule has 7 heteroatoms. The molecule has 0 unspecified atom stereocenters. The van der Waals surface area contributed by atoms with E-state index in [4.69, 9.17) is 14.1 Å². The van der Waals surface area contributed by atoms with Crippen LogP contribution in [0.1, 0.15) is 32.6 Å². The number of nitrogens with zero attached hydrogens (tertiary/aromatic N) is 2. The van der Waals surface area contributed by atoms with Gasteiger partial charge in [0.2, 0.25) is 5.55 Å². The fourth-order valence-electron chi connectivity index (χ4n) is 4.17. The Bertz CT molecular complexity index is 1720. The molecule has 3 aromatic carbocycles. The Morgan fingerprint density at radius 3 is 2.62 bits per heavy atom. The zero-order chi connectivity index (χ0) is 26.1. The maximum absolute atomic E-state index is 13.5. The van der Waals surface area contributed by atoms with Gasteiger partial charge in [0.15, 0.2) is 5.13 Å². The summed E-state index contributed by atoms with van der Waals surface area (Å²) >= 11 is 1.38. The van der Waals surface area contributed by atoms with E-state index in [1.54, 1.807) is 13.2 Å². The van der Waals surface area contributed by atoms with Gasteiger partial charge in [-0.15, -0.1) is 11.3 Å². The summed E-state index contributed by atoms with van der Waals surface area (Å²) in [7, 11) is 1.60. The summed E-state index contributed by atoms with van der Waals surface area (Å²) in [5, 5.41) is 6.13. The van der Waals surface area contributed by atoms with Gasteiger partial charge in [-0.25, -0.2) is 9.98 Å².